The van der Waals surface area contributed by atoms with E-state index in [2.05, 4.69) is 0 Å². The molecule has 0 bridgehead atoms. The number of hydrogen-bond acceptors (Lipinski definition) is 8. The maximum Gasteiger partial charge on any atom is 0.316 e. The van der Waals surface area contributed by atoms with E-state index in [0.717, 1.165) is 0 Å². The summed E-state index contributed by atoms with van der Waals surface area (Å²) in [5.41, 5.74) is 0.736. The number of ketones is 1. The summed E-state index contributed by atoms with van der Waals surface area (Å²) >= 11 is 0. The van der Waals surface area contributed by atoms with Crippen LogP contribution in [0.1, 0.15) is 28.8 Å². The number of hydrogen-bond donors (Lipinski definition) is 2. The van der Waals surface area contributed by atoms with Gasteiger partial charge in [0.15, 0.2) is 5.78 Å². The number of Topliss-reactive ketones (excluding diaryl/α,β-unsaturated/α-hetero) is 1. The van der Waals surface area contributed by atoms with Crippen LogP contribution in [-0.2, 0) is 20.9 Å². The molecule has 0 amide bonds. The lowest BCUT2D eigenvalue weighted by molar-refractivity contribution is -0.385. The Morgan fingerprint density at radius 2 is 1.11 bits per heavy atom. The van der Waals surface area contributed by atoms with Gasteiger partial charge in [-0.05, 0) is 16.7 Å². The molecule has 1 heterocycles. The second kappa shape index (κ2) is 10.6. The Hall–Kier alpha value is -4.97. The number of carboxylic acids is 2. The summed E-state index contributed by atoms with van der Waals surface area (Å²) in [7, 11) is 0. The van der Waals surface area contributed by atoms with Gasteiger partial charge in [0, 0.05) is 30.8 Å². The largest absolute Gasteiger partial charge is 0.481 e. The van der Waals surface area contributed by atoms with Crippen molar-refractivity contribution in [3.63, 3.8) is 0 Å². The molecule has 1 saturated heterocycles. The van der Waals surface area contributed by atoms with Crippen molar-refractivity contribution in [3.8, 4) is 0 Å². The van der Waals surface area contributed by atoms with Gasteiger partial charge in [-0.3, -0.25) is 39.5 Å². The molecule has 3 aromatic carbocycles. The van der Waals surface area contributed by atoms with Gasteiger partial charge in [-0.25, -0.2) is 0 Å². The summed E-state index contributed by atoms with van der Waals surface area (Å²) in [6.07, 6.45) is 0. The lowest BCUT2D eigenvalue weighted by Crippen LogP contribution is -2.55. The zero-order valence-electron chi connectivity index (χ0n) is 19.6. The predicted octanol–water partition coefficient (Wildman–Crippen LogP) is 3.77. The van der Waals surface area contributed by atoms with Crippen molar-refractivity contribution in [1.82, 2.24) is 4.90 Å². The Morgan fingerprint density at radius 1 is 0.711 bits per heavy atom. The van der Waals surface area contributed by atoms with Crippen LogP contribution in [0.3, 0.4) is 0 Å². The summed E-state index contributed by atoms with van der Waals surface area (Å²) < 4.78 is 0. The number of nitro benzene ring substituents is 2. The number of nitrogens with zero attached hydrogens (tertiary/aromatic N) is 3. The number of non-ortho nitro benzene ring substituents is 2. The molecule has 0 aliphatic carbocycles. The van der Waals surface area contributed by atoms with Crippen molar-refractivity contribution in [1.29, 1.82) is 0 Å². The molecule has 3 aromatic rings. The predicted molar refractivity (Wildman–Crippen MR) is 131 cm³/mol. The minimum atomic E-state index is -1.80. The van der Waals surface area contributed by atoms with Crippen LogP contribution in [-0.4, -0.2) is 42.7 Å². The Kier molecular flexibility index (Phi) is 7.26. The van der Waals surface area contributed by atoms with Gasteiger partial charge >= 0.3 is 11.9 Å². The average molecular weight is 519 g/mol. The van der Waals surface area contributed by atoms with Crippen LogP contribution in [0.15, 0.2) is 78.9 Å². The highest BCUT2D eigenvalue weighted by Crippen LogP contribution is 2.48. The highest BCUT2D eigenvalue weighted by Gasteiger charge is 2.55. The van der Waals surface area contributed by atoms with Crippen LogP contribution in [0, 0.1) is 32.1 Å². The first-order valence-electron chi connectivity index (χ1n) is 11.4. The molecule has 1 aliphatic rings. The molecule has 2 unspecified atom stereocenters. The summed E-state index contributed by atoms with van der Waals surface area (Å²) in [5, 5.41) is 42.6. The van der Waals surface area contributed by atoms with Gasteiger partial charge in [-0.2, -0.15) is 0 Å². The van der Waals surface area contributed by atoms with Crippen molar-refractivity contribution >= 4 is 29.1 Å². The van der Waals surface area contributed by atoms with Crippen LogP contribution >= 0.6 is 0 Å². The lowest BCUT2D eigenvalue weighted by atomic mass is 9.72. The number of carbonyl (C=O) groups is 3. The number of carboxylic acid groups (broad SMARTS) is 2. The van der Waals surface area contributed by atoms with Gasteiger partial charge in [-0.15, -0.1) is 0 Å². The highest BCUT2D eigenvalue weighted by atomic mass is 16.6. The highest BCUT2D eigenvalue weighted by molar-refractivity contribution is 6.09. The third-order valence-corrected chi connectivity index (χ3v) is 6.59. The number of likely N-dealkylation sites (tertiary alicyclic amines) is 1. The van der Waals surface area contributed by atoms with Crippen molar-refractivity contribution in [2.75, 3.05) is 0 Å². The number of aliphatic carboxylic acids is 2. The van der Waals surface area contributed by atoms with Crippen LogP contribution in [0.25, 0.3) is 0 Å². The molecule has 4 atom stereocenters. The SMILES string of the molecule is O=C(O)C1C(=O)C(C(=O)O)[C@H](c2ccc([N+](=O)[O-])cc2)N(Cc2ccccc2)[C@H]1c1ccc([N+](=O)[O-])cc1. The molecule has 1 fully saturated rings. The fourth-order valence-corrected chi connectivity index (χ4v) is 4.92. The van der Waals surface area contributed by atoms with Gasteiger partial charge in [0.2, 0.25) is 0 Å². The molecule has 38 heavy (non-hydrogen) atoms. The topological polar surface area (TPSA) is 181 Å². The first-order valence-corrected chi connectivity index (χ1v) is 11.4. The minimum absolute atomic E-state index is 0.0188. The van der Waals surface area contributed by atoms with E-state index in [4.69, 9.17) is 0 Å². The molecular weight excluding hydrogens is 498 g/mol. The lowest BCUT2D eigenvalue weighted by Gasteiger charge is -2.47. The van der Waals surface area contributed by atoms with Gasteiger partial charge < -0.3 is 10.2 Å². The molecule has 12 nitrogen and oxygen atoms in total. The molecular formula is C26H21N3O9. The van der Waals surface area contributed by atoms with Crippen molar-refractivity contribution in [2.24, 2.45) is 11.8 Å². The number of carbonyl (C=O) groups excluding carboxylic acids is 1. The third kappa shape index (κ3) is 4.97. The molecule has 194 valence electrons. The molecule has 0 radical (unpaired) electrons. The first-order chi connectivity index (χ1) is 18.1. The van der Waals surface area contributed by atoms with Crippen LogP contribution in [0.4, 0.5) is 11.4 Å². The van der Waals surface area contributed by atoms with E-state index in [9.17, 15) is 44.8 Å². The van der Waals surface area contributed by atoms with Crippen LogP contribution in [0.5, 0.6) is 0 Å². The van der Waals surface area contributed by atoms with Crippen LogP contribution in [0.2, 0.25) is 0 Å². The Morgan fingerprint density at radius 3 is 1.45 bits per heavy atom. The fourth-order valence-electron chi connectivity index (χ4n) is 4.92. The number of rotatable bonds is 8. The first kappa shape index (κ1) is 26.1. The maximum atomic E-state index is 13.5. The summed E-state index contributed by atoms with van der Waals surface area (Å²) in [6, 6.07) is 16.5. The van der Waals surface area contributed by atoms with Crippen molar-refractivity contribution < 1.29 is 34.4 Å². The molecule has 1 aliphatic heterocycles. The second-order valence-corrected chi connectivity index (χ2v) is 8.78. The zero-order chi connectivity index (χ0) is 27.6. The van der Waals surface area contributed by atoms with E-state index < -0.39 is 51.5 Å². The van der Waals surface area contributed by atoms with Gasteiger partial charge in [0.1, 0.15) is 11.8 Å². The molecule has 2 N–H and O–H groups in total. The third-order valence-electron chi connectivity index (χ3n) is 6.59. The smallest absolute Gasteiger partial charge is 0.316 e. The average Bonchev–Trinajstić information content (AvgIpc) is 2.89. The Bertz CT molecular complexity index is 1310. The van der Waals surface area contributed by atoms with Gasteiger partial charge in [-0.1, -0.05) is 54.6 Å². The van der Waals surface area contributed by atoms with E-state index >= 15 is 0 Å². The Balaban J connectivity index is 1.95. The minimum Gasteiger partial charge on any atom is -0.481 e. The molecule has 0 spiro atoms. The molecule has 0 saturated carbocycles. The molecule has 4 rings (SSSR count). The molecule has 12 heteroatoms. The second-order valence-electron chi connectivity index (χ2n) is 8.78. The summed E-state index contributed by atoms with van der Waals surface area (Å²) in [5.74, 6) is -7.71. The summed E-state index contributed by atoms with van der Waals surface area (Å²) in [6.45, 7) is 0.0188. The van der Waals surface area contributed by atoms with E-state index in [0.29, 0.717) is 5.56 Å². The van der Waals surface area contributed by atoms with Gasteiger partial charge in [0.25, 0.3) is 11.4 Å². The van der Waals surface area contributed by atoms with Gasteiger partial charge in [0.05, 0.1) is 21.9 Å². The zero-order valence-corrected chi connectivity index (χ0v) is 19.6. The number of nitro groups is 2. The number of piperidine rings is 1. The van der Waals surface area contributed by atoms with Crippen molar-refractivity contribution in [3.05, 3.63) is 116 Å². The van der Waals surface area contributed by atoms with E-state index in [-0.39, 0.29) is 29.0 Å². The fraction of sp³-hybridized carbons (Fsp3) is 0.192. The van der Waals surface area contributed by atoms with E-state index in [1.807, 2.05) is 0 Å². The normalized spacial score (nSPS) is 21.5. The molecule has 0 aromatic heterocycles. The Labute approximate surface area is 215 Å². The standard InChI is InChI=1S/C26H21N3O9/c30-24-20(25(31)32)22(16-6-10-18(11-7-16)28(35)36)27(14-15-4-2-1-3-5-15)23(21(24)26(33)34)17-8-12-19(13-9-17)29(37)38/h1-13,20-23H,14H2,(H,31,32)(H,33,34)/t20?,21?,22-,23-/m0/s1. The van der Waals surface area contributed by atoms with Crippen LogP contribution < -0.4 is 0 Å². The summed E-state index contributed by atoms with van der Waals surface area (Å²) in [4.78, 5) is 61.1. The van der Waals surface area contributed by atoms with Crippen molar-refractivity contribution in [2.45, 2.75) is 18.6 Å². The number of benzene rings is 3. The quantitative estimate of drug-likeness (QED) is 0.252. The maximum absolute atomic E-state index is 13.5. The monoisotopic (exact) mass is 519 g/mol. The van der Waals surface area contributed by atoms with E-state index in [1.165, 1.54) is 48.5 Å². The van der Waals surface area contributed by atoms with E-state index in [1.54, 1.807) is 35.2 Å².